The molecular formula is C22H28N4. The molecule has 1 aliphatic rings. The number of rotatable bonds is 4. The van der Waals surface area contributed by atoms with Crippen molar-refractivity contribution < 1.29 is 0 Å². The minimum atomic E-state index is 0.603. The van der Waals surface area contributed by atoms with Crippen molar-refractivity contribution in [2.45, 2.75) is 65.5 Å². The van der Waals surface area contributed by atoms with Crippen molar-refractivity contribution in [3.8, 4) is 0 Å². The first-order chi connectivity index (χ1) is 12.6. The minimum absolute atomic E-state index is 0.603. The van der Waals surface area contributed by atoms with Crippen LogP contribution in [0, 0.1) is 20.8 Å². The van der Waals surface area contributed by atoms with Gasteiger partial charge in [-0.3, -0.25) is 4.40 Å². The first-order valence-corrected chi connectivity index (χ1v) is 9.76. The summed E-state index contributed by atoms with van der Waals surface area (Å²) in [5.74, 6) is 0.810. The van der Waals surface area contributed by atoms with Gasteiger partial charge in [-0.1, -0.05) is 31.4 Å². The molecule has 26 heavy (non-hydrogen) atoms. The molecule has 0 aliphatic heterocycles. The third kappa shape index (κ3) is 3.46. The molecule has 3 aromatic rings. The fourth-order valence-electron chi connectivity index (χ4n) is 4.20. The zero-order valence-corrected chi connectivity index (χ0v) is 16.1. The van der Waals surface area contributed by atoms with Crippen molar-refractivity contribution >= 4 is 11.5 Å². The van der Waals surface area contributed by atoms with Crippen LogP contribution in [-0.4, -0.2) is 20.4 Å². The van der Waals surface area contributed by atoms with Crippen LogP contribution in [0.25, 0.3) is 5.78 Å². The molecular weight excluding hydrogens is 320 g/mol. The van der Waals surface area contributed by atoms with Gasteiger partial charge in [0, 0.05) is 29.3 Å². The van der Waals surface area contributed by atoms with E-state index in [0.29, 0.717) is 6.04 Å². The first-order valence-electron chi connectivity index (χ1n) is 9.76. The SMILES string of the molecule is Cc1cccc(N(Cc2cn3c(C)cc(C)nc3n2)C2CCCCC2)c1. The van der Waals surface area contributed by atoms with Crippen molar-refractivity contribution in [1.82, 2.24) is 14.4 Å². The van der Waals surface area contributed by atoms with Gasteiger partial charge in [0.2, 0.25) is 5.78 Å². The number of aryl methyl sites for hydroxylation is 3. The Morgan fingerprint density at radius 1 is 1.04 bits per heavy atom. The molecule has 0 amide bonds. The molecule has 2 aromatic heterocycles. The molecule has 0 atom stereocenters. The molecule has 4 heteroatoms. The zero-order valence-electron chi connectivity index (χ0n) is 16.1. The Bertz CT molecular complexity index is 906. The van der Waals surface area contributed by atoms with Crippen LogP contribution in [0.1, 0.15) is 54.7 Å². The Morgan fingerprint density at radius 3 is 2.62 bits per heavy atom. The fraction of sp³-hybridized carbons (Fsp3) is 0.455. The van der Waals surface area contributed by atoms with Crippen LogP contribution >= 0.6 is 0 Å². The highest BCUT2D eigenvalue weighted by Gasteiger charge is 2.23. The summed E-state index contributed by atoms with van der Waals surface area (Å²) in [5.41, 5.74) is 5.93. The van der Waals surface area contributed by atoms with E-state index in [2.05, 4.69) is 64.7 Å². The summed E-state index contributed by atoms with van der Waals surface area (Å²) in [5, 5.41) is 0. The summed E-state index contributed by atoms with van der Waals surface area (Å²) in [6.07, 6.45) is 8.74. The van der Waals surface area contributed by atoms with Crippen LogP contribution in [0.5, 0.6) is 0 Å². The quantitative estimate of drug-likeness (QED) is 0.666. The standard InChI is InChI=1S/C22H28N4/c1-16-8-7-11-21(12-16)26(20-9-5-4-6-10-20)15-19-14-25-18(3)13-17(2)23-22(25)24-19/h7-8,11-14,20H,4-6,9-10,15H2,1-3H3. The number of hydrogen-bond donors (Lipinski definition) is 0. The highest BCUT2D eigenvalue weighted by molar-refractivity contribution is 5.50. The van der Waals surface area contributed by atoms with Crippen molar-refractivity contribution in [2.75, 3.05) is 4.90 Å². The molecule has 136 valence electrons. The lowest BCUT2D eigenvalue weighted by Crippen LogP contribution is -2.36. The lowest BCUT2D eigenvalue weighted by atomic mass is 9.93. The summed E-state index contributed by atoms with van der Waals surface area (Å²) in [7, 11) is 0. The van der Waals surface area contributed by atoms with Crippen molar-refractivity contribution in [1.29, 1.82) is 0 Å². The Hall–Kier alpha value is -2.36. The molecule has 0 bridgehead atoms. The molecule has 1 aliphatic carbocycles. The molecule has 4 rings (SSSR count). The Kier molecular flexibility index (Phi) is 4.66. The third-order valence-corrected chi connectivity index (χ3v) is 5.49. The maximum absolute atomic E-state index is 4.83. The number of aromatic nitrogens is 3. The van der Waals surface area contributed by atoms with E-state index in [1.807, 2.05) is 6.92 Å². The molecule has 2 heterocycles. The lowest BCUT2D eigenvalue weighted by Gasteiger charge is -2.36. The first kappa shape index (κ1) is 17.1. The number of anilines is 1. The van der Waals surface area contributed by atoms with Gasteiger partial charge in [0.25, 0.3) is 0 Å². The van der Waals surface area contributed by atoms with Crippen LogP contribution in [0.3, 0.4) is 0 Å². The summed E-state index contributed by atoms with van der Waals surface area (Å²) in [4.78, 5) is 12.0. The monoisotopic (exact) mass is 348 g/mol. The average molecular weight is 348 g/mol. The molecule has 1 fully saturated rings. The van der Waals surface area contributed by atoms with Crippen molar-refractivity contribution in [3.63, 3.8) is 0 Å². The molecule has 0 radical (unpaired) electrons. The Morgan fingerprint density at radius 2 is 1.85 bits per heavy atom. The predicted molar refractivity (Wildman–Crippen MR) is 107 cm³/mol. The topological polar surface area (TPSA) is 33.4 Å². The van der Waals surface area contributed by atoms with Gasteiger partial charge in [0.15, 0.2) is 0 Å². The van der Waals surface area contributed by atoms with Crippen LogP contribution in [-0.2, 0) is 6.54 Å². The normalized spacial score (nSPS) is 15.5. The van der Waals surface area contributed by atoms with Crippen LogP contribution in [0.4, 0.5) is 5.69 Å². The highest BCUT2D eigenvalue weighted by atomic mass is 15.2. The van der Waals surface area contributed by atoms with E-state index < -0.39 is 0 Å². The molecule has 1 aromatic carbocycles. The van der Waals surface area contributed by atoms with Crippen molar-refractivity contribution in [3.05, 3.63) is 59.2 Å². The Labute approximate surface area is 155 Å². The van der Waals surface area contributed by atoms with Gasteiger partial charge < -0.3 is 4.90 Å². The maximum atomic E-state index is 4.83. The van der Waals surface area contributed by atoms with Gasteiger partial charge in [0.05, 0.1) is 12.2 Å². The molecule has 0 unspecified atom stereocenters. The van der Waals surface area contributed by atoms with E-state index >= 15 is 0 Å². The largest absolute Gasteiger partial charge is 0.363 e. The van der Waals surface area contributed by atoms with E-state index in [-0.39, 0.29) is 0 Å². The average Bonchev–Trinajstić information content (AvgIpc) is 3.03. The van der Waals surface area contributed by atoms with Gasteiger partial charge in [-0.15, -0.1) is 0 Å². The number of nitrogens with zero attached hydrogens (tertiary/aromatic N) is 4. The zero-order chi connectivity index (χ0) is 18.1. The van der Waals surface area contributed by atoms with E-state index in [9.17, 15) is 0 Å². The summed E-state index contributed by atoms with van der Waals surface area (Å²) < 4.78 is 2.11. The summed E-state index contributed by atoms with van der Waals surface area (Å²) >= 11 is 0. The highest BCUT2D eigenvalue weighted by Crippen LogP contribution is 2.29. The second kappa shape index (κ2) is 7.10. The summed E-state index contributed by atoms with van der Waals surface area (Å²) in [6.45, 7) is 7.16. The van der Waals surface area contributed by atoms with E-state index in [0.717, 1.165) is 23.7 Å². The van der Waals surface area contributed by atoms with Gasteiger partial charge in [-0.25, -0.2) is 9.97 Å². The molecule has 0 saturated heterocycles. The van der Waals surface area contributed by atoms with Crippen molar-refractivity contribution in [2.24, 2.45) is 0 Å². The molecule has 0 spiro atoms. The smallest absolute Gasteiger partial charge is 0.234 e. The third-order valence-electron chi connectivity index (χ3n) is 5.49. The van der Waals surface area contributed by atoms with Gasteiger partial charge >= 0.3 is 0 Å². The van der Waals surface area contributed by atoms with Crippen LogP contribution in [0.2, 0.25) is 0 Å². The number of fused-ring (bicyclic) bond motifs is 1. The van der Waals surface area contributed by atoms with E-state index in [1.54, 1.807) is 0 Å². The van der Waals surface area contributed by atoms with Crippen LogP contribution < -0.4 is 4.90 Å². The van der Waals surface area contributed by atoms with Gasteiger partial charge in [0.1, 0.15) is 0 Å². The molecule has 1 saturated carbocycles. The maximum Gasteiger partial charge on any atom is 0.234 e. The van der Waals surface area contributed by atoms with Gasteiger partial charge in [-0.05, 0) is 57.4 Å². The number of benzene rings is 1. The Balaban J connectivity index is 1.69. The lowest BCUT2D eigenvalue weighted by molar-refractivity contribution is 0.412. The second-order valence-electron chi connectivity index (χ2n) is 7.70. The summed E-state index contributed by atoms with van der Waals surface area (Å²) in [6, 6.07) is 11.6. The molecule has 0 N–H and O–H groups in total. The van der Waals surface area contributed by atoms with E-state index in [4.69, 9.17) is 4.98 Å². The van der Waals surface area contributed by atoms with E-state index in [1.165, 1.54) is 49.0 Å². The fourth-order valence-corrected chi connectivity index (χ4v) is 4.20. The second-order valence-corrected chi connectivity index (χ2v) is 7.70. The number of hydrogen-bond acceptors (Lipinski definition) is 3. The number of imidazole rings is 1. The van der Waals surface area contributed by atoms with Crippen LogP contribution in [0.15, 0.2) is 36.5 Å². The molecule has 4 nitrogen and oxygen atoms in total. The minimum Gasteiger partial charge on any atom is -0.363 e. The van der Waals surface area contributed by atoms with Gasteiger partial charge in [-0.2, -0.15) is 0 Å². The predicted octanol–water partition coefficient (Wildman–Crippen LogP) is 4.99.